The van der Waals surface area contributed by atoms with Crippen LogP contribution in [0, 0.1) is 22.7 Å². The topological polar surface area (TPSA) is 74.6 Å². The molecule has 1 unspecified atom stereocenters. The number of Topliss-reactive ketones (excluding diaryl/α,β-unsaturated/α-hetero) is 2. The molecular weight excluding hydrogens is 304 g/mol. The molecule has 24 heavy (non-hydrogen) atoms. The molecule has 3 aliphatic rings. The van der Waals surface area contributed by atoms with Crippen LogP contribution in [-0.2, 0) is 9.59 Å². The summed E-state index contributed by atoms with van der Waals surface area (Å²) in [4.78, 5) is 25.6. The number of fused-ring (bicyclic) bond motifs is 2. The lowest BCUT2D eigenvalue weighted by molar-refractivity contribution is -0.135. The van der Waals surface area contributed by atoms with Crippen LogP contribution in [0.5, 0.6) is 0 Å². The van der Waals surface area contributed by atoms with Gasteiger partial charge in [0, 0.05) is 22.1 Å². The Morgan fingerprint density at radius 3 is 2.29 bits per heavy atom. The fourth-order valence-electron chi connectivity index (χ4n) is 5.50. The molecule has 3 rings (SSSR count). The van der Waals surface area contributed by atoms with Crippen molar-refractivity contribution in [1.82, 2.24) is 0 Å². The average molecular weight is 332 g/mol. The van der Waals surface area contributed by atoms with Crippen LogP contribution in [0.1, 0.15) is 60.3 Å². The Bertz CT molecular complexity index is 680. The Labute approximate surface area is 143 Å². The summed E-state index contributed by atoms with van der Waals surface area (Å²) < 4.78 is 0. The van der Waals surface area contributed by atoms with Crippen molar-refractivity contribution < 1.29 is 19.8 Å². The van der Waals surface area contributed by atoms with Crippen molar-refractivity contribution in [3.8, 4) is 0 Å². The maximum absolute atomic E-state index is 13.0. The second kappa shape index (κ2) is 5.29. The highest BCUT2D eigenvalue weighted by Gasteiger charge is 2.57. The van der Waals surface area contributed by atoms with Crippen LogP contribution >= 0.6 is 0 Å². The molecule has 1 saturated carbocycles. The van der Waals surface area contributed by atoms with E-state index in [0.29, 0.717) is 17.6 Å². The van der Waals surface area contributed by atoms with Gasteiger partial charge in [-0.1, -0.05) is 41.0 Å². The summed E-state index contributed by atoms with van der Waals surface area (Å²) in [6, 6.07) is 0. The molecule has 0 heterocycles. The van der Waals surface area contributed by atoms with E-state index in [1.54, 1.807) is 13.8 Å². The first-order chi connectivity index (χ1) is 11.0. The highest BCUT2D eigenvalue weighted by atomic mass is 16.3. The Hall–Kier alpha value is -1.42. The molecule has 0 aromatic rings. The van der Waals surface area contributed by atoms with Gasteiger partial charge < -0.3 is 10.2 Å². The van der Waals surface area contributed by atoms with Gasteiger partial charge in [0.1, 0.15) is 5.76 Å². The lowest BCUT2D eigenvalue weighted by Crippen LogP contribution is -2.52. The number of hydrogen-bond donors (Lipinski definition) is 2. The zero-order valence-electron chi connectivity index (χ0n) is 15.3. The number of hydrogen-bond acceptors (Lipinski definition) is 4. The lowest BCUT2D eigenvalue weighted by Gasteiger charge is -2.56. The smallest absolute Gasteiger partial charge is 0.233 e. The number of allylic oxidation sites excluding steroid dienone is 2. The summed E-state index contributed by atoms with van der Waals surface area (Å²) in [6.45, 7) is 9.96. The Morgan fingerprint density at radius 1 is 1.08 bits per heavy atom. The first-order valence-electron chi connectivity index (χ1n) is 8.97. The van der Waals surface area contributed by atoms with Gasteiger partial charge >= 0.3 is 0 Å². The minimum absolute atomic E-state index is 0.00645. The quantitative estimate of drug-likeness (QED) is 0.569. The highest BCUT2D eigenvalue weighted by Crippen LogP contribution is 2.61. The predicted molar refractivity (Wildman–Crippen MR) is 91.4 cm³/mol. The van der Waals surface area contributed by atoms with Crippen LogP contribution < -0.4 is 0 Å². The third kappa shape index (κ3) is 2.15. The molecule has 0 radical (unpaired) electrons. The van der Waals surface area contributed by atoms with E-state index in [1.165, 1.54) is 0 Å². The van der Waals surface area contributed by atoms with Gasteiger partial charge in [0.2, 0.25) is 11.6 Å². The van der Waals surface area contributed by atoms with Crippen LogP contribution in [0.25, 0.3) is 0 Å². The predicted octanol–water partition coefficient (Wildman–Crippen LogP) is 3.50. The van der Waals surface area contributed by atoms with Crippen molar-refractivity contribution in [2.24, 2.45) is 22.7 Å². The summed E-state index contributed by atoms with van der Waals surface area (Å²) >= 11 is 0. The fraction of sp³-hybridized carbons (Fsp3) is 0.700. The molecule has 3 aliphatic carbocycles. The number of aliphatic hydroxyl groups excluding tert-OH is 2. The summed E-state index contributed by atoms with van der Waals surface area (Å²) in [5.41, 5.74) is 0.383. The van der Waals surface area contributed by atoms with E-state index < -0.39 is 23.1 Å². The number of aliphatic hydroxyl groups is 2. The van der Waals surface area contributed by atoms with Gasteiger partial charge in [-0.2, -0.15) is 0 Å². The average Bonchev–Trinajstić information content (AvgIpc) is 2.45. The van der Waals surface area contributed by atoms with E-state index in [1.807, 2.05) is 6.92 Å². The number of carbonyl (C=O) groups excluding carboxylic acids is 2. The van der Waals surface area contributed by atoms with E-state index in [-0.39, 0.29) is 28.6 Å². The molecule has 3 atom stereocenters. The molecule has 2 N–H and O–H groups in total. The van der Waals surface area contributed by atoms with Crippen LogP contribution in [0.2, 0.25) is 0 Å². The molecule has 0 amide bonds. The van der Waals surface area contributed by atoms with E-state index >= 15 is 0 Å². The molecule has 0 aromatic carbocycles. The fourth-order valence-corrected chi connectivity index (χ4v) is 5.50. The summed E-state index contributed by atoms with van der Waals surface area (Å²) in [6.07, 6.45) is 2.48. The monoisotopic (exact) mass is 332 g/mol. The SMILES string of the molecule is CC(C)C1=C(O)C2=C(C(=O)C1=O)C1(C)CCCC(C)(C)[C@@H]1C[C@H]2O. The van der Waals surface area contributed by atoms with Gasteiger partial charge in [-0.25, -0.2) is 0 Å². The van der Waals surface area contributed by atoms with Gasteiger partial charge in [0.15, 0.2) is 0 Å². The lowest BCUT2D eigenvalue weighted by atomic mass is 9.48. The molecule has 4 heteroatoms. The number of carbonyl (C=O) groups is 2. The van der Waals surface area contributed by atoms with Crippen molar-refractivity contribution in [3.63, 3.8) is 0 Å². The van der Waals surface area contributed by atoms with Crippen LogP contribution in [0.3, 0.4) is 0 Å². The summed E-state index contributed by atoms with van der Waals surface area (Å²) in [5.74, 6) is -1.40. The number of ketones is 2. The van der Waals surface area contributed by atoms with Crippen LogP contribution in [-0.4, -0.2) is 27.9 Å². The standard InChI is InChI=1S/C20H28O4/c1-10(2)13-16(22)14-11(21)9-12-19(3,4)7-6-8-20(12,5)15(14)18(24)17(13)23/h10-12,21-22H,6-9H2,1-5H3/t11-,12+,20?/m1/s1. The third-order valence-electron chi connectivity index (χ3n) is 6.63. The molecule has 0 aromatic heterocycles. The zero-order valence-corrected chi connectivity index (χ0v) is 15.3. The molecule has 0 spiro atoms. The van der Waals surface area contributed by atoms with E-state index in [4.69, 9.17) is 0 Å². The highest BCUT2D eigenvalue weighted by molar-refractivity contribution is 6.50. The van der Waals surface area contributed by atoms with Crippen molar-refractivity contribution in [2.75, 3.05) is 0 Å². The molecule has 0 bridgehead atoms. The van der Waals surface area contributed by atoms with Crippen molar-refractivity contribution in [3.05, 3.63) is 22.5 Å². The minimum atomic E-state index is -0.888. The third-order valence-corrected chi connectivity index (χ3v) is 6.63. The molecule has 1 fully saturated rings. The van der Waals surface area contributed by atoms with Gasteiger partial charge in [0.25, 0.3) is 0 Å². The van der Waals surface area contributed by atoms with Gasteiger partial charge in [-0.15, -0.1) is 0 Å². The summed E-state index contributed by atoms with van der Waals surface area (Å²) in [5, 5.41) is 21.5. The second-order valence-electron chi connectivity index (χ2n) is 8.93. The molecule has 0 saturated heterocycles. The first-order valence-corrected chi connectivity index (χ1v) is 8.97. The van der Waals surface area contributed by atoms with Crippen molar-refractivity contribution >= 4 is 11.6 Å². The van der Waals surface area contributed by atoms with Crippen LogP contribution in [0.4, 0.5) is 0 Å². The molecule has 4 nitrogen and oxygen atoms in total. The summed E-state index contributed by atoms with van der Waals surface area (Å²) in [7, 11) is 0. The largest absolute Gasteiger partial charge is 0.507 e. The normalized spacial score (nSPS) is 36.1. The number of rotatable bonds is 1. The van der Waals surface area contributed by atoms with E-state index in [2.05, 4.69) is 13.8 Å². The Balaban J connectivity index is 2.27. The van der Waals surface area contributed by atoms with E-state index in [0.717, 1.165) is 19.3 Å². The van der Waals surface area contributed by atoms with E-state index in [9.17, 15) is 19.8 Å². The van der Waals surface area contributed by atoms with Crippen molar-refractivity contribution in [2.45, 2.75) is 66.4 Å². The minimum Gasteiger partial charge on any atom is -0.507 e. The Morgan fingerprint density at radius 2 is 1.71 bits per heavy atom. The molecule has 0 aliphatic heterocycles. The molecular formula is C20H28O4. The zero-order chi connectivity index (χ0) is 18.0. The maximum atomic E-state index is 13.0. The molecule has 132 valence electrons. The van der Waals surface area contributed by atoms with Gasteiger partial charge in [-0.05, 0) is 36.5 Å². The van der Waals surface area contributed by atoms with Crippen LogP contribution in [0.15, 0.2) is 22.5 Å². The Kier molecular flexibility index (Phi) is 3.83. The van der Waals surface area contributed by atoms with Crippen molar-refractivity contribution in [1.29, 1.82) is 0 Å². The second-order valence-corrected chi connectivity index (χ2v) is 8.93. The van der Waals surface area contributed by atoms with Gasteiger partial charge in [0.05, 0.1) is 6.10 Å². The maximum Gasteiger partial charge on any atom is 0.233 e. The first kappa shape index (κ1) is 17.4. The van der Waals surface area contributed by atoms with Gasteiger partial charge in [-0.3, -0.25) is 9.59 Å².